The highest BCUT2D eigenvalue weighted by molar-refractivity contribution is 5.29. The van der Waals surface area contributed by atoms with Gasteiger partial charge in [0.25, 0.3) is 0 Å². The minimum atomic E-state index is -2.72. The van der Waals surface area contributed by atoms with Crippen LogP contribution in [-0.2, 0) is 5.41 Å². The molecule has 0 atom stereocenters. The highest BCUT2D eigenvalue weighted by atomic mass is 19.3. The second-order valence-corrected chi connectivity index (χ2v) is 4.04. The lowest BCUT2D eigenvalue weighted by Gasteiger charge is -2.46. The number of alkyl halides is 2. The average Bonchev–Trinajstić information content (AvgIpc) is 2.14. The van der Waals surface area contributed by atoms with E-state index < -0.39 is 17.3 Å². The Bertz CT molecular complexity index is 371. The van der Waals surface area contributed by atoms with Crippen LogP contribution in [-0.4, -0.2) is 17.5 Å². The molecule has 1 aliphatic rings. The molecule has 0 radical (unpaired) electrons. The fourth-order valence-corrected chi connectivity index (χ4v) is 2.16. The van der Waals surface area contributed by atoms with Crippen LogP contribution in [0.5, 0.6) is 0 Å². The van der Waals surface area contributed by atoms with Crippen molar-refractivity contribution in [3.63, 3.8) is 0 Å². The molecule has 1 aromatic rings. The van der Waals surface area contributed by atoms with Gasteiger partial charge in [0, 0.05) is 36.6 Å². The lowest BCUT2D eigenvalue weighted by Crippen LogP contribution is -2.54. The second-order valence-electron chi connectivity index (χ2n) is 4.04. The molecule has 15 heavy (non-hydrogen) atoms. The van der Waals surface area contributed by atoms with Gasteiger partial charge in [0.1, 0.15) is 0 Å². The third-order valence-corrected chi connectivity index (χ3v) is 2.92. The van der Waals surface area contributed by atoms with Crippen molar-refractivity contribution in [3.05, 3.63) is 29.8 Å². The summed E-state index contributed by atoms with van der Waals surface area (Å²) in [6.07, 6.45) is 0.512. The molecule has 0 amide bonds. The van der Waals surface area contributed by atoms with E-state index in [2.05, 4.69) is 4.98 Å². The summed E-state index contributed by atoms with van der Waals surface area (Å²) in [5, 5.41) is 0. The first-order valence-electron chi connectivity index (χ1n) is 4.68. The van der Waals surface area contributed by atoms with Gasteiger partial charge in [-0.15, -0.1) is 0 Å². The molecule has 2 nitrogen and oxygen atoms in total. The van der Waals surface area contributed by atoms with Crippen LogP contribution in [0.15, 0.2) is 18.3 Å². The average molecular weight is 216 g/mol. The molecule has 1 aliphatic carbocycles. The zero-order valence-corrected chi connectivity index (χ0v) is 8.01. The van der Waals surface area contributed by atoms with Gasteiger partial charge in [-0.2, -0.15) is 4.39 Å². The summed E-state index contributed by atoms with van der Waals surface area (Å²) in [7, 11) is 0. The Morgan fingerprint density at radius 3 is 2.53 bits per heavy atom. The van der Waals surface area contributed by atoms with E-state index in [4.69, 9.17) is 5.73 Å². The quantitative estimate of drug-likeness (QED) is 0.766. The summed E-state index contributed by atoms with van der Waals surface area (Å²) in [6, 6.07) is 3.01. The summed E-state index contributed by atoms with van der Waals surface area (Å²) in [5.74, 6) is -3.42. The van der Waals surface area contributed by atoms with E-state index in [9.17, 15) is 13.2 Å². The number of hydrogen-bond donors (Lipinski definition) is 1. The van der Waals surface area contributed by atoms with Gasteiger partial charge in [0.15, 0.2) is 0 Å². The molecule has 0 aromatic carbocycles. The van der Waals surface area contributed by atoms with E-state index >= 15 is 0 Å². The Labute approximate surface area is 85.3 Å². The van der Waals surface area contributed by atoms with Crippen molar-refractivity contribution < 1.29 is 13.2 Å². The van der Waals surface area contributed by atoms with Gasteiger partial charge in [-0.1, -0.05) is 6.07 Å². The minimum Gasteiger partial charge on any atom is -0.330 e. The molecule has 0 aliphatic heterocycles. The Morgan fingerprint density at radius 2 is 2.07 bits per heavy atom. The normalized spacial score (nSPS) is 22.1. The fourth-order valence-electron chi connectivity index (χ4n) is 2.16. The number of hydrogen-bond acceptors (Lipinski definition) is 2. The zero-order valence-electron chi connectivity index (χ0n) is 8.01. The number of pyridine rings is 1. The first-order valence-corrected chi connectivity index (χ1v) is 4.68. The minimum absolute atomic E-state index is 0.0191. The van der Waals surface area contributed by atoms with E-state index in [0.717, 1.165) is 0 Å². The van der Waals surface area contributed by atoms with Crippen molar-refractivity contribution in [2.75, 3.05) is 6.54 Å². The largest absolute Gasteiger partial charge is 0.330 e. The molecule has 1 aromatic heterocycles. The van der Waals surface area contributed by atoms with E-state index in [-0.39, 0.29) is 24.9 Å². The van der Waals surface area contributed by atoms with Crippen LogP contribution in [0, 0.1) is 5.95 Å². The molecule has 0 saturated heterocycles. The maximum absolute atomic E-state index is 13.3. The third-order valence-electron chi connectivity index (χ3n) is 2.92. The molecule has 0 unspecified atom stereocenters. The van der Waals surface area contributed by atoms with Crippen molar-refractivity contribution in [2.24, 2.45) is 5.73 Å². The third kappa shape index (κ3) is 1.61. The van der Waals surface area contributed by atoms with E-state index in [1.807, 2.05) is 0 Å². The van der Waals surface area contributed by atoms with Crippen molar-refractivity contribution in [1.29, 1.82) is 0 Å². The van der Waals surface area contributed by atoms with Crippen LogP contribution in [0.3, 0.4) is 0 Å². The zero-order chi connectivity index (χ0) is 11.1. The maximum atomic E-state index is 13.3. The van der Waals surface area contributed by atoms with Gasteiger partial charge in [0.05, 0.1) is 0 Å². The Hall–Kier alpha value is -1.10. The van der Waals surface area contributed by atoms with E-state index in [1.54, 1.807) is 0 Å². The van der Waals surface area contributed by atoms with Crippen molar-refractivity contribution in [1.82, 2.24) is 4.98 Å². The van der Waals surface area contributed by atoms with E-state index in [0.29, 0.717) is 0 Å². The maximum Gasteiger partial charge on any atom is 0.250 e. The molecular weight excluding hydrogens is 205 g/mol. The van der Waals surface area contributed by atoms with Gasteiger partial charge in [-0.05, 0) is 6.07 Å². The van der Waals surface area contributed by atoms with Gasteiger partial charge >= 0.3 is 0 Å². The van der Waals surface area contributed by atoms with Gasteiger partial charge in [-0.25, -0.2) is 13.8 Å². The summed E-state index contributed by atoms with van der Waals surface area (Å²) in [4.78, 5) is 3.46. The van der Waals surface area contributed by atoms with Gasteiger partial charge in [0.2, 0.25) is 11.9 Å². The number of nitrogens with two attached hydrogens (primary N) is 1. The molecular formula is C10H11F3N2. The van der Waals surface area contributed by atoms with Crippen LogP contribution in [0.1, 0.15) is 18.4 Å². The predicted molar refractivity (Wildman–Crippen MR) is 49.1 cm³/mol. The Kier molecular flexibility index (Phi) is 2.22. The van der Waals surface area contributed by atoms with Crippen molar-refractivity contribution >= 4 is 0 Å². The summed E-state index contributed by atoms with van der Waals surface area (Å²) >= 11 is 0. The molecule has 1 fully saturated rings. The molecule has 82 valence electrons. The number of aromatic nitrogens is 1. The van der Waals surface area contributed by atoms with Crippen LogP contribution < -0.4 is 5.73 Å². The first-order chi connectivity index (χ1) is 6.99. The highest BCUT2D eigenvalue weighted by Crippen LogP contribution is 2.53. The molecule has 5 heteroatoms. The number of halogens is 3. The van der Waals surface area contributed by atoms with Crippen molar-refractivity contribution in [2.45, 2.75) is 24.2 Å². The van der Waals surface area contributed by atoms with Gasteiger partial charge in [-0.3, -0.25) is 0 Å². The van der Waals surface area contributed by atoms with Crippen LogP contribution in [0.25, 0.3) is 0 Å². The number of nitrogens with zero attached hydrogens (tertiary/aromatic N) is 1. The summed E-state index contributed by atoms with van der Waals surface area (Å²) < 4.78 is 39.0. The van der Waals surface area contributed by atoms with Crippen molar-refractivity contribution in [3.8, 4) is 0 Å². The standard InChI is InChI=1S/C10H11F3N2/c11-8-7(2-1-3-15-8)9(6-14)4-10(12,13)5-9/h1-3H,4-6,14H2. The summed E-state index contributed by atoms with van der Waals surface area (Å²) in [6.45, 7) is 0.0191. The lowest BCUT2D eigenvalue weighted by atomic mass is 9.62. The van der Waals surface area contributed by atoms with E-state index in [1.165, 1.54) is 18.3 Å². The molecule has 2 N–H and O–H groups in total. The first kappa shape index (κ1) is 10.4. The smallest absolute Gasteiger partial charge is 0.250 e. The molecule has 0 spiro atoms. The van der Waals surface area contributed by atoms with Crippen LogP contribution in [0.4, 0.5) is 13.2 Å². The second kappa shape index (κ2) is 3.20. The molecule has 0 bridgehead atoms. The highest BCUT2D eigenvalue weighted by Gasteiger charge is 2.57. The molecule has 1 heterocycles. The monoisotopic (exact) mass is 216 g/mol. The van der Waals surface area contributed by atoms with Crippen LogP contribution >= 0.6 is 0 Å². The predicted octanol–water partition coefficient (Wildman–Crippen LogP) is 1.85. The summed E-state index contributed by atoms with van der Waals surface area (Å²) in [5.41, 5.74) is 4.74. The Morgan fingerprint density at radius 1 is 1.40 bits per heavy atom. The Balaban J connectivity index is 2.34. The lowest BCUT2D eigenvalue weighted by molar-refractivity contribution is -0.124. The van der Waals surface area contributed by atoms with Crippen LogP contribution in [0.2, 0.25) is 0 Å². The molecule has 2 rings (SSSR count). The SMILES string of the molecule is NCC1(c2cccnc2F)CC(F)(F)C1. The number of rotatable bonds is 2. The fraction of sp³-hybridized carbons (Fsp3) is 0.500. The van der Waals surface area contributed by atoms with Gasteiger partial charge < -0.3 is 5.73 Å². The topological polar surface area (TPSA) is 38.9 Å². The molecule has 1 saturated carbocycles.